The van der Waals surface area contributed by atoms with Gasteiger partial charge in [-0.25, -0.2) is 4.39 Å². The first kappa shape index (κ1) is 26.3. The molecule has 6 rings (SSSR count). The monoisotopic (exact) mass is 547 g/mol. The maximum absolute atomic E-state index is 14.7. The Morgan fingerprint density at radius 3 is 2.65 bits per heavy atom. The number of imide groups is 1. The predicted octanol–water partition coefficient (Wildman–Crippen LogP) is 2.76. The Kier molecular flexibility index (Phi) is 6.30. The molecule has 2 N–H and O–H groups in total. The molecule has 4 heterocycles. The van der Waals surface area contributed by atoms with E-state index in [1.807, 2.05) is 26.0 Å². The number of hydrogen-bond acceptors (Lipinski definition) is 8. The van der Waals surface area contributed by atoms with Gasteiger partial charge in [-0.05, 0) is 47.7 Å². The van der Waals surface area contributed by atoms with Gasteiger partial charge in [0.05, 0.1) is 11.2 Å². The molecule has 0 aliphatic carbocycles. The number of nitrogens with zero attached hydrogens (tertiary/aromatic N) is 4. The summed E-state index contributed by atoms with van der Waals surface area (Å²) in [4.78, 5) is 44.7. The lowest BCUT2D eigenvalue weighted by atomic mass is 9.66. The van der Waals surface area contributed by atoms with E-state index in [4.69, 9.17) is 4.52 Å². The number of aliphatic hydroxyl groups is 1. The number of nitrogens with one attached hydrogen (secondary N) is 1. The Labute approximate surface area is 230 Å². The van der Waals surface area contributed by atoms with E-state index >= 15 is 0 Å². The molecule has 2 fully saturated rings. The SMILES string of the molecule is CC1(C)CN(Cc2ccc(-c3ncon3)c(F)c2)CC[C@]1(O)c1ccc2c(c1)CN([C@@H]1CCC(=O)NC1=O)C2=O. The topological polar surface area (TPSA) is 129 Å². The van der Waals surface area contributed by atoms with Crippen molar-refractivity contribution in [1.82, 2.24) is 25.3 Å². The van der Waals surface area contributed by atoms with Crippen molar-refractivity contribution in [1.29, 1.82) is 0 Å². The van der Waals surface area contributed by atoms with Crippen LogP contribution in [0.25, 0.3) is 11.4 Å². The molecule has 3 amide bonds. The first-order valence-electron chi connectivity index (χ1n) is 13.3. The summed E-state index contributed by atoms with van der Waals surface area (Å²) in [6, 6.07) is 9.68. The van der Waals surface area contributed by atoms with Crippen LogP contribution in [0.3, 0.4) is 0 Å². The minimum atomic E-state index is -1.16. The average molecular weight is 548 g/mol. The average Bonchev–Trinajstić information content (AvgIpc) is 3.54. The van der Waals surface area contributed by atoms with Gasteiger partial charge in [0.1, 0.15) is 11.9 Å². The van der Waals surface area contributed by atoms with E-state index in [1.54, 1.807) is 18.2 Å². The lowest BCUT2D eigenvalue weighted by Gasteiger charge is -2.50. The van der Waals surface area contributed by atoms with Gasteiger partial charge in [0, 0.05) is 43.6 Å². The second kappa shape index (κ2) is 9.60. The van der Waals surface area contributed by atoms with Crippen molar-refractivity contribution in [3.05, 3.63) is 70.9 Å². The number of hydrogen-bond donors (Lipinski definition) is 2. The Morgan fingerprint density at radius 1 is 1.15 bits per heavy atom. The summed E-state index contributed by atoms with van der Waals surface area (Å²) < 4.78 is 19.5. The summed E-state index contributed by atoms with van der Waals surface area (Å²) in [6.07, 6.45) is 2.11. The molecule has 0 spiro atoms. The minimum absolute atomic E-state index is 0.196. The number of carbonyl (C=O) groups excluding carboxylic acids is 3. The predicted molar refractivity (Wildman–Crippen MR) is 140 cm³/mol. The number of likely N-dealkylation sites (tertiary alicyclic amines) is 1. The molecule has 0 saturated carbocycles. The van der Waals surface area contributed by atoms with Gasteiger partial charge < -0.3 is 14.5 Å². The maximum Gasteiger partial charge on any atom is 0.255 e. The van der Waals surface area contributed by atoms with Crippen LogP contribution in [0.15, 0.2) is 47.3 Å². The molecule has 3 aliphatic heterocycles. The van der Waals surface area contributed by atoms with E-state index in [2.05, 4.69) is 20.4 Å². The highest BCUT2D eigenvalue weighted by atomic mass is 19.1. The number of rotatable bonds is 5. The minimum Gasteiger partial charge on any atom is -0.385 e. The lowest BCUT2D eigenvalue weighted by Crippen LogP contribution is -2.55. The van der Waals surface area contributed by atoms with Crippen LogP contribution in [-0.2, 0) is 28.3 Å². The van der Waals surface area contributed by atoms with E-state index in [9.17, 15) is 23.9 Å². The third-order valence-electron chi connectivity index (χ3n) is 8.57. The van der Waals surface area contributed by atoms with Gasteiger partial charge in [-0.15, -0.1) is 0 Å². The Morgan fingerprint density at radius 2 is 1.95 bits per heavy atom. The van der Waals surface area contributed by atoms with Crippen LogP contribution in [0.2, 0.25) is 0 Å². The number of amides is 3. The van der Waals surface area contributed by atoms with Crippen LogP contribution >= 0.6 is 0 Å². The van der Waals surface area contributed by atoms with Crippen LogP contribution in [-0.4, -0.2) is 61.9 Å². The smallest absolute Gasteiger partial charge is 0.255 e. The molecule has 3 aliphatic rings. The van der Waals surface area contributed by atoms with Crippen molar-refractivity contribution in [2.75, 3.05) is 13.1 Å². The Hall–Kier alpha value is -3.96. The molecule has 0 bridgehead atoms. The molecular weight excluding hydrogens is 517 g/mol. The second-order valence-corrected chi connectivity index (χ2v) is 11.5. The molecule has 2 aromatic carbocycles. The molecule has 2 saturated heterocycles. The molecule has 0 unspecified atom stereocenters. The fourth-order valence-electron chi connectivity index (χ4n) is 6.31. The van der Waals surface area contributed by atoms with Crippen molar-refractivity contribution >= 4 is 17.7 Å². The van der Waals surface area contributed by atoms with E-state index in [1.165, 1.54) is 11.0 Å². The molecular formula is C29H30FN5O5. The molecule has 40 heavy (non-hydrogen) atoms. The van der Waals surface area contributed by atoms with Gasteiger partial charge in [0.2, 0.25) is 24.0 Å². The summed E-state index contributed by atoms with van der Waals surface area (Å²) in [5, 5.41) is 18.0. The number of piperidine rings is 2. The third kappa shape index (κ3) is 4.39. The van der Waals surface area contributed by atoms with E-state index in [0.29, 0.717) is 38.0 Å². The first-order chi connectivity index (χ1) is 19.1. The Bertz CT molecular complexity index is 1510. The number of benzene rings is 2. The lowest BCUT2D eigenvalue weighted by molar-refractivity contribution is -0.136. The van der Waals surface area contributed by atoms with E-state index < -0.39 is 28.8 Å². The summed E-state index contributed by atoms with van der Waals surface area (Å²) in [6.45, 7) is 5.94. The molecule has 1 aromatic heterocycles. The first-order valence-corrected chi connectivity index (χ1v) is 13.3. The number of halogens is 1. The summed E-state index contributed by atoms with van der Waals surface area (Å²) in [5.74, 6) is -1.24. The van der Waals surface area contributed by atoms with Crippen LogP contribution in [0.1, 0.15) is 60.2 Å². The summed E-state index contributed by atoms with van der Waals surface area (Å²) in [5.41, 5.74) is 1.36. The maximum atomic E-state index is 14.7. The van der Waals surface area contributed by atoms with Gasteiger partial charge >= 0.3 is 0 Å². The van der Waals surface area contributed by atoms with Crippen LogP contribution in [0, 0.1) is 11.2 Å². The van der Waals surface area contributed by atoms with Gasteiger partial charge in [0.15, 0.2) is 0 Å². The summed E-state index contributed by atoms with van der Waals surface area (Å²) in [7, 11) is 0. The van der Waals surface area contributed by atoms with Gasteiger partial charge in [-0.2, -0.15) is 4.98 Å². The third-order valence-corrected chi connectivity index (χ3v) is 8.57. The van der Waals surface area contributed by atoms with Crippen molar-refractivity contribution in [3.63, 3.8) is 0 Å². The van der Waals surface area contributed by atoms with Crippen molar-refractivity contribution in [3.8, 4) is 11.4 Å². The van der Waals surface area contributed by atoms with Crippen molar-refractivity contribution in [2.24, 2.45) is 5.41 Å². The second-order valence-electron chi connectivity index (χ2n) is 11.5. The zero-order chi connectivity index (χ0) is 28.2. The van der Waals surface area contributed by atoms with Gasteiger partial charge in [-0.3, -0.25) is 24.6 Å². The van der Waals surface area contributed by atoms with E-state index in [0.717, 1.165) is 23.1 Å². The zero-order valence-electron chi connectivity index (χ0n) is 22.3. The number of fused-ring (bicyclic) bond motifs is 1. The molecule has 0 radical (unpaired) electrons. The largest absolute Gasteiger partial charge is 0.385 e. The fourth-order valence-corrected chi connectivity index (χ4v) is 6.31. The highest BCUT2D eigenvalue weighted by molar-refractivity contribution is 6.05. The number of aromatic nitrogens is 2. The molecule has 10 nitrogen and oxygen atoms in total. The highest BCUT2D eigenvalue weighted by Gasteiger charge is 2.49. The summed E-state index contributed by atoms with van der Waals surface area (Å²) >= 11 is 0. The molecule has 3 aromatic rings. The molecule has 2 atom stereocenters. The highest BCUT2D eigenvalue weighted by Crippen LogP contribution is 2.47. The Balaban J connectivity index is 1.17. The fraction of sp³-hybridized carbons (Fsp3) is 0.414. The van der Waals surface area contributed by atoms with Crippen LogP contribution in [0.4, 0.5) is 4.39 Å². The normalized spacial score (nSPS) is 24.8. The standard InChI is InChI=1S/C29H30FN5O5/c1-28(2)15-34(13-17-3-5-21(22(30)11-17)25-31-16-40-33-25)10-9-29(28,39)19-4-6-20-18(12-19)14-35(27(20)38)23-7-8-24(36)32-26(23)37/h3-6,11-12,16,23,39H,7-10,13-15H2,1-2H3,(H,32,36,37)/t23-,29+/m1/s1. The van der Waals surface area contributed by atoms with Crippen molar-refractivity contribution in [2.45, 2.75) is 57.8 Å². The van der Waals surface area contributed by atoms with Crippen LogP contribution in [0.5, 0.6) is 0 Å². The number of carbonyl (C=O) groups is 3. The molecule has 208 valence electrons. The quantitative estimate of drug-likeness (QED) is 0.467. The molecule has 11 heteroatoms. The zero-order valence-corrected chi connectivity index (χ0v) is 22.3. The van der Waals surface area contributed by atoms with Gasteiger partial charge in [0.25, 0.3) is 5.91 Å². The van der Waals surface area contributed by atoms with Gasteiger partial charge in [-0.1, -0.05) is 37.2 Å². The van der Waals surface area contributed by atoms with Crippen LogP contribution < -0.4 is 5.32 Å². The van der Waals surface area contributed by atoms with Crippen molar-refractivity contribution < 1.29 is 28.4 Å². The van der Waals surface area contributed by atoms with E-state index in [-0.39, 0.29) is 36.2 Å².